The van der Waals surface area contributed by atoms with E-state index in [-0.39, 0.29) is 23.7 Å². The van der Waals surface area contributed by atoms with E-state index in [9.17, 15) is 9.59 Å². The number of allylic oxidation sites excluding steroid dienone is 1. The second kappa shape index (κ2) is 11.4. The Morgan fingerprint density at radius 2 is 1.91 bits per heavy atom. The molecule has 0 radical (unpaired) electrons. The van der Waals surface area contributed by atoms with Crippen molar-refractivity contribution in [1.82, 2.24) is 15.6 Å². The Balaban J connectivity index is 1.58. The SMILES string of the molecule is CC1=CC(CNC(=O)c2ccc(C#N)cc2)C(C(C)C)CC1CC(=O)NCc1ccccn1. The van der Waals surface area contributed by atoms with Crippen LogP contribution in [0.4, 0.5) is 0 Å². The van der Waals surface area contributed by atoms with Gasteiger partial charge in [-0.2, -0.15) is 5.26 Å². The Morgan fingerprint density at radius 1 is 1.15 bits per heavy atom. The Morgan fingerprint density at radius 3 is 2.55 bits per heavy atom. The zero-order valence-electron chi connectivity index (χ0n) is 19.5. The minimum absolute atomic E-state index is 0.0356. The highest BCUT2D eigenvalue weighted by molar-refractivity contribution is 5.94. The molecule has 172 valence electrons. The summed E-state index contributed by atoms with van der Waals surface area (Å²) in [5.41, 5.74) is 3.14. The van der Waals surface area contributed by atoms with E-state index in [1.165, 1.54) is 5.57 Å². The molecule has 0 spiro atoms. The van der Waals surface area contributed by atoms with Crippen molar-refractivity contribution in [2.45, 2.75) is 40.2 Å². The third-order valence-electron chi connectivity index (χ3n) is 6.48. The number of benzene rings is 1. The van der Waals surface area contributed by atoms with E-state index in [4.69, 9.17) is 5.26 Å². The number of pyridine rings is 1. The van der Waals surface area contributed by atoms with Crippen molar-refractivity contribution in [2.75, 3.05) is 6.54 Å². The number of hydrogen-bond donors (Lipinski definition) is 2. The van der Waals surface area contributed by atoms with Gasteiger partial charge in [0.05, 0.1) is 23.9 Å². The largest absolute Gasteiger partial charge is 0.351 e. The van der Waals surface area contributed by atoms with Crippen LogP contribution in [0, 0.1) is 35.0 Å². The molecule has 1 heterocycles. The first-order chi connectivity index (χ1) is 15.9. The van der Waals surface area contributed by atoms with Gasteiger partial charge in [0, 0.05) is 24.7 Å². The Labute approximate surface area is 196 Å². The van der Waals surface area contributed by atoms with Gasteiger partial charge in [0.1, 0.15) is 0 Å². The first-order valence-electron chi connectivity index (χ1n) is 11.5. The maximum Gasteiger partial charge on any atom is 0.251 e. The second-order valence-electron chi connectivity index (χ2n) is 9.12. The monoisotopic (exact) mass is 444 g/mol. The minimum atomic E-state index is -0.135. The van der Waals surface area contributed by atoms with Crippen LogP contribution in [0.5, 0.6) is 0 Å². The molecule has 1 aromatic heterocycles. The average Bonchev–Trinajstić information content (AvgIpc) is 2.83. The topological polar surface area (TPSA) is 94.9 Å². The van der Waals surface area contributed by atoms with Crippen LogP contribution in [0.15, 0.2) is 60.3 Å². The highest BCUT2D eigenvalue weighted by Crippen LogP contribution is 2.38. The number of hydrogen-bond acceptors (Lipinski definition) is 4. The summed E-state index contributed by atoms with van der Waals surface area (Å²) >= 11 is 0. The van der Waals surface area contributed by atoms with Crippen molar-refractivity contribution >= 4 is 11.8 Å². The van der Waals surface area contributed by atoms with Crippen LogP contribution in [0.25, 0.3) is 0 Å². The van der Waals surface area contributed by atoms with Crippen molar-refractivity contribution in [1.29, 1.82) is 5.26 Å². The summed E-state index contributed by atoms with van der Waals surface area (Å²) in [7, 11) is 0. The first-order valence-corrected chi connectivity index (χ1v) is 11.5. The van der Waals surface area contributed by atoms with Crippen LogP contribution >= 0.6 is 0 Å². The normalized spacial score (nSPS) is 20.0. The molecule has 0 bridgehead atoms. The molecule has 0 saturated heterocycles. The molecule has 2 amide bonds. The van der Waals surface area contributed by atoms with Crippen molar-refractivity contribution in [3.05, 3.63) is 77.1 Å². The van der Waals surface area contributed by atoms with Gasteiger partial charge in [-0.15, -0.1) is 0 Å². The molecule has 6 nitrogen and oxygen atoms in total. The second-order valence-corrected chi connectivity index (χ2v) is 9.12. The number of rotatable bonds is 8. The number of amides is 2. The van der Waals surface area contributed by atoms with Gasteiger partial charge in [0.25, 0.3) is 5.91 Å². The molecule has 0 fully saturated rings. The summed E-state index contributed by atoms with van der Waals surface area (Å²) in [4.78, 5) is 29.4. The zero-order valence-corrected chi connectivity index (χ0v) is 19.5. The van der Waals surface area contributed by atoms with Crippen molar-refractivity contribution in [2.24, 2.45) is 23.7 Å². The lowest BCUT2D eigenvalue weighted by molar-refractivity contribution is -0.122. The van der Waals surface area contributed by atoms with Crippen LogP contribution in [0.3, 0.4) is 0 Å². The Kier molecular flexibility index (Phi) is 8.37. The third-order valence-corrected chi connectivity index (χ3v) is 6.48. The smallest absolute Gasteiger partial charge is 0.251 e. The predicted octanol–water partition coefficient (Wildman–Crippen LogP) is 4.24. The highest BCUT2D eigenvalue weighted by Gasteiger charge is 2.32. The molecule has 2 N–H and O–H groups in total. The summed E-state index contributed by atoms with van der Waals surface area (Å²) in [6, 6.07) is 14.4. The average molecular weight is 445 g/mol. The van der Waals surface area contributed by atoms with Crippen LogP contribution in [-0.4, -0.2) is 23.3 Å². The van der Waals surface area contributed by atoms with Crippen LogP contribution in [-0.2, 0) is 11.3 Å². The highest BCUT2D eigenvalue weighted by atomic mass is 16.2. The summed E-state index contributed by atoms with van der Waals surface area (Å²) in [6.07, 6.45) is 5.35. The van der Waals surface area contributed by atoms with Gasteiger partial charge in [-0.25, -0.2) is 0 Å². The molecule has 3 atom stereocenters. The van der Waals surface area contributed by atoms with Gasteiger partial charge in [-0.1, -0.05) is 31.6 Å². The van der Waals surface area contributed by atoms with Gasteiger partial charge in [-0.3, -0.25) is 14.6 Å². The number of nitrogens with zero attached hydrogens (tertiary/aromatic N) is 2. The van der Waals surface area contributed by atoms with Gasteiger partial charge in [0.15, 0.2) is 0 Å². The van der Waals surface area contributed by atoms with Crippen molar-refractivity contribution in [3.63, 3.8) is 0 Å². The Bertz CT molecular complexity index is 1020. The lowest BCUT2D eigenvalue weighted by atomic mass is 9.69. The van der Waals surface area contributed by atoms with E-state index in [1.54, 1.807) is 30.5 Å². The predicted molar refractivity (Wildman–Crippen MR) is 128 cm³/mol. The number of carbonyl (C=O) groups is 2. The zero-order chi connectivity index (χ0) is 23.8. The fourth-order valence-electron chi connectivity index (χ4n) is 4.50. The quantitative estimate of drug-likeness (QED) is 0.595. The van der Waals surface area contributed by atoms with Gasteiger partial charge in [0.2, 0.25) is 5.91 Å². The standard InChI is InChI=1S/C27H32N4O2/c1-18(2)25-13-22(14-26(32)30-17-24-6-4-5-11-29-24)19(3)12-23(25)16-31-27(33)21-9-7-20(15-28)8-10-21/h4-12,18,22-23,25H,13-14,16-17H2,1-3H3,(H,30,32)(H,31,33). The van der Waals surface area contributed by atoms with E-state index in [0.29, 0.717) is 42.5 Å². The lowest BCUT2D eigenvalue weighted by Gasteiger charge is -2.37. The Hall–Kier alpha value is -3.46. The van der Waals surface area contributed by atoms with Gasteiger partial charge < -0.3 is 10.6 Å². The molecule has 3 rings (SSSR count). The summed E-state index contributed by atoms with van der Waals surface area (Å²) in [5.74, 6) is 1.14. The molecule has 2 aromatic rings. The van der Waals surface area contributed by atoms with E-state index in [1.807, 2.05) is 18.2 Å². The molecule has 3 unspecified atom stereocenters. The van der Waals surface area contributed by atoms with Crippen LogP contribution in [0.2, 0.25) is 0 Å². The van der Waals surface area contributed by atoms with Crippen molar-refractivity contribution in [3.8, 4) is 6.07 Å². The molecule has 1 aromatic carbocycles. The summed E-state index contributed by atoms with van der Waals surface area (Å²) in [6.45, 7) is 7.48. The van der Waals surface area contributed by atoms with Gasteiger partial charge >= 0.3 is 0 Å². The molecular weight excluding hydrogens is 412 g/mol. The molecule has 1 aliphatic carbocycles. The van der Waals surface area contributed by atoms with E-state index < -0.39 is 0 Å². The lowest BCUT2D eigenvalue weighted by Crippen LogP contribution is -2.37. The third kappa shape index (κ3) is 6.76. The number of carbonyl (C=O) groups excluding carboxylic acids is 2. The maximum absolute atomic E-state index is 12.6. The van der Waals surface area contributed by atoms with E-state index in [0.717, 1.165) is 12.1 Å². The number of aromatic nitrogens is 1. The number of nitriles is 1. The molecule has 6 heteroatoms. The van der Waals surface area contributed by atoms with E-state index >= 15 is 0 Å². The maximum atomic E-state index is 12.6. The molecule has 0 saturated carbocycles. The fourth-order valence-corrected chi connectivity index (χ4v) is 4.50. The van der Waals surface area contributed by atoms with Crippen LogP contribution < -0.4 is 10.6 Å². The molecule has 33 heavy (non-hydrogen) atoms. The summed E-state index contributed by atoms with van der Waals surface area (Å²) < 4.78 is 0. The van der Waals surface area contributed by atoms with Crippen molar-refractivity contribution < 1.29 is 9.59 Å². The van der Waals surface area contributed by atoms with E-state index in [2.05, 4.69) is 48.5 Å². The molecular formula is C27H32N4O2. The first kappa shape index (κ1) is 24.2. The van der Waals surface area contributed by atoms with Crippen LogP contribution in [0.1, 0.15) is 55.2 Å². The summed E-state index contributed by atoms with van der Waals surface area (Å²) in [5, 5.41) is 15.0. The van der Waals surface area contributed by atoms with Gasteiger partial charge in [-0.05, 0) is 73.4 Å². The minimum Gasteiger partial charge on any atom is -0.351 e. The molecule has 0 aliphatic heterocycles. The fraction of sp³-hybridized carbons (Fsp3) is 0.407. The molecule has 1 aliphatic rings. The number of nitrogens with one attached hydrogen (secondary N) is 2.